The first-order valence-electron chi connectivity index (χ1n) is 8.40. The Morgan fingerprint density at radius 3 is 2.79 bits per heavy atom. The molecular weight excluding hydrogens is 304 g/mol. The Hall–Kier alpha value is -2.41. The Morgan fingerprint density at radius 2 is 2.00 bits per heavy atom. The van der Waals surface area contributed by atoms with Crippen LogP contribution in [0.2, 0.25) is 0 Å². The van der Waals surface area contributed by atoms with Crippen LogP contribution >= 0.6 is 0 Å². The molecule has 0 spiro atoms. The van der Waals surface area contributed by atoms with Crippen molar-refractivity contribution in [2.75, 3.05) is 19.6 Å². The van der Waals surface area contributed by atoms with Gasteiger partial charge in [-0.15, -0.1) is 10.2 Å². The average Bonchev–Trinajstić information content (AvgIpc) is 2.93. The second-order valence-electron chi connectivity index (χ2n) is 6.49. The Balaban J connectivity index is 1.25. The summed E-state index contributed by atoms with van der Waals surface area (Å²) in [5, 5.41) is 11.4. The molecule has 1 aromatic heterocycles. The molecule has 0 radical (unpaired) electrons. The van der Waals surface area contributed by atoms with E-state index in [9.17, 15) is 4.79 Å². The van der Waals surface area contributed by atoms with Gasteiger partial charge in [0.2, 0.25) is 0 Å². The zero-order chi connectivity index (χ0) is 16.5. The predicted octanol–water partition coefficient (Wildman–Crippen LogP) is 0.996. The van der Waals surface area contributed by atoms with E-state index in [-0.39, 0.29) is 6.03 Å². The summed E-state index contributed by atoms with van der Waals surface area (Å²) in [6, 6.07) is 10.4. The number of rotatable bonds is 3. The van der Waals surface area contributed by atoms with Gasteiger partial charge in [-0.05, 0) is 12.5 Å². The smallest absolute Gasteiger partial charge is 0.317 e. The van der Waals surface area contributed by atoms with Gasteiger partial charge in [-0.2, -0.15) is 0 Å². The van der Waals surface area contributed by atoms with Crippen molar-refractivity contribution in [2.45, 2.75) is 32.6 Å². The van der Waals surface area contributed by atoms with Gasteiger partial charge in [0, 0.05) is 38.8 Å². The lowest BCUT2D eigenvalue weighted by Crippen LogP contribution is -2.63. The molecule has 7 nitrogen and oxygen atoms in total. The zero-order valence-corrected chi connectivity index (χ0v) is 13.9. The Morgan fingerprint density at radius 1 is 1.21 bits per heavy atom. The fourth-order valence-electron chi connectivity index (χ4n) is 3.37. The number of carbonyl (C=O) groups is 1. The average molecular weight is 326 g/mol. The minimum Gasteiger partial charge on any atom is -0.334 e. The molecule has 2 aliphatic heterocycles. The van der Waals surface area contributed by atoms with Crippen LogP contribution in [-0.2, 0) is 19.6 Å². The summed E-state index contributed by atoms with van der Waals surface area (Å²) in [5.41, 5.74) is 1.12. The van der Waals surface area contributed by atoms with E-state index in [0.29, 0.717) is 12.6 Å². The third kappa shape index (κ3) is 2.87. The van der Waals surface area contributed by atoms with Crippen LogP contribution in [0.15, 0.2) is 30.3 Å². The van der Waals surface area contributed by atoms with Gasteiger partial charge in [-0.3, -0.25) is 4.90 Å². The Kier molecular flexibility index (Phi) is 3.93. The fraction of sp³-hybridized carbons (Fsp3) is 0.471. The van der Waals surface area contributed by atoms with Gasteiger partial charge in [0.15, 0.2) is 0 Å². The quantitative estimate of drug-likeness (QED) is 0.914. The summed E-state index contributed by atoms with van der Waals surface area (Å²) < 4.78 is 2.18. The van der Waals surface area contributed by atoms with Gasteiger partial charge in [0.05, 0.1) is 6.54 Å². The van der Waals surface area contributed by atoms with Crippen LogP contribution in [0.1, 0.15) is 17.2 Å². The number of urea groups is 1. The largest absolute Gasteiger partial charge is 0.334 e. The highest BCUT2D eigenvalue weighted by atomic mass is 16.2. The van der Waals surface area contributed by atoms with Crippen LogP contribution in [0, 0.1) is 6.92 Å². The molecule has 4 rings (SSSR count). The number of carbonyl (C=O) groups excluding carboxylic acids is 1. The van der Waals surface area contributed by atoms with Crippen molar-refractivity contribution in [3.8, 4) is 0 Å². The molecule has 2 amide bonds. The van der Waals surface area contributed by atoms with Crippen molar-refractivity contribution in [2.24, 2.45) is 0 Å². The number of hydrogen-bond acceptors (Lipinski definition) is 4. The molecule has 0 unspecified atom stereocenters. The SMILES string of the molecule is Cc1nnc2n1CCN(C1CN(C(=O)NCc3ccccc3)C1)C2. The zero-order valence-electron chi connectivity index (χ0n) is 13.9. The molecule has 0 bridgehead atoms. The van der Waals surface area contributed by atoms with Gasteiger partial charge < -0.3 is 14.8 Å². The van der Waals surface area contributed by atoms with E-state index in [1.807, 2.05) is 42.2 Å². The molecule has 3 heterocycles. The van der Waals surface area contributed by atoms with Crippen molar-refractivity contribution in [3.63, 3.8) is 0 Å². The monoisotopic (exact) mass is 326 g/mol. The second-order valence-corrected chi connectivity index (χ2v) is 6.49. The molecule has 2 aliphatic rings. The molecule has 0 aliphatic carbocycles. The molecule has 2 aromatic rings. The van der Waals surface area contributed by atoms with E-state index in [0.717, 1.165) is 49.9 Å². The molecule has 0 atom stereocenters. The number of aromatic nitrogens is 3. The van der Waals surface area contributed by atoms with Gasteiger partial charge in [0.1, 0.15) is 11.6 Å². The van der Waals surface area contributed by atoms with E-state index < -0.39 is 0 Å². The van der Waals surface area contributed by atoms with Crippen LogP contribution in [0.3, 0.4) is 0 Å². The highest BCUT2D eigenvalue weighted by Gasteiger charge is 2.36. The maximum absolute atomic E-state index is 12.2. The van der Waals surface area contributed by atoms with Gasteiger partial charge >= 0.3 is 6.03 Å². The normalized spacial score (nSPS) is 18.1. The van der Waals surface area contributed by atoms with Crippen LogP contribution in [0.25, 0.3) is 0 Å². The van der Waals surface area contributed by atoms with Gasteiger partial charge in [0.25, 0.3) is 0 Å². The van der Waals surface area contributed by atoms with Crippen molar-refractivity contribution in [1.82, 2.24) is 29.9 Å². The summed E-state index contributed by atoms with van der Waals surface area (Å²) >= 11 is 0. The van der Waals surface area contributed by atoms with Gasteiger partial charge in [-0.25, -0.2) is 4.79 Å². The number of likely N-dealkylation sites (tertiary alicyclic amines) is 1. The van der Waals surface area contributed by atoms with E-state index in [1.54, 1.807) is 0 Å². The maximum Gasteiger partial charge on any atom is 0.317 e. The van der Waals surface area contributed by atoms with Crippen LogP contribution < -0.4 is 5.32 Å². The van der Waals surface area contributed by atoms with Crippen molar-refractivity contribution in [1.29, 1.82) is 0 Å². The highest BCUT2D eigenvalue weighted by Crippen LogP contribution is 2.20. The maximum atomic E-state index is 12.2. The lowest BCUT2D eigenvalue weighted by Gasteiger charge is -2.46. The summed E-state index contributed by atoms with van der Waals surface area (Å²) in [6.45, 7) is 6.90. The predicted molar refractivity (Wildman–Crippen MR) is 89.2 cm³/mol. The van der Waals surface area contributed by atoms with Crippen LogP contribution in [0.5, 0.6) is 0 Å². The lowest BCUT2D eigenvalue weighted by atomic mass is 10.1. The molecule has 126 valence electrons. The molecular formula is C17H22N6O. The van der Waals surface area contributed by atoms with Crippen LogP contribution in [-0.4, -0.2) is 56.3 Å². The number of hydrogen-bond donors (Lipinski definition) is 1. The number of fused-ring (bicyclic) bond motifs is 1. The third-order valence-electron chi connectivity index (χ3n) is 4.92. The molecule has 1 saturated heterocycles. The standard InChI is InChI=1S/C17H22N6O/c1-13-19-20-16-12-21(7-8-23(13)16)15-10-22(11-15)17(24)18-9-14-5-3-2-4-6-14/h2-6,15H,7-12H2,1H3,(H,18,24). The number of benzene rings is 1. The minimum atomic E-state index is 0.0196. The summed E-state index contributed by atoms with van der Waals surface area (Å²) in [7, 11) is 0. The van der Waals surface area contributed by atoms with Crippen molar-refractivity contribution >= 4 is 6.03 Å². The first kappa shape index (κ1) is 15.1. The Bertz CT molecular complexity index is 722. The summed E-state index contributed by atoms with van der Waals surface area (Å²) in [6.07, 6.45) is 0. The van der Waals surface area contributed by atoms with E-state index in [4.69, 9.17) is 0 Å². The van der Waals surface area contributed by atoms with Gasteiger partial charge in [-0.1, -0.05) is 30.3 Å². The molecule has 24 heavy (non-hydrogen) atoms. The number of nitrogens with one attached hydrogen (secondary N) is 1. The molecule has 1 fully saturated rings. The first-order chi connectivity index (χ1) is 11.7. The summed E-state index contributed by atoms with van der Waals surface area (Å²) in [4.78, 5) is 16.5. The first-order valence-corrected chi connectivity index (χ1v) is 8.40. The molecule has 1 N–H and O–H groups in total. The minimum absolute atomic E-state index is 0.0196. The molecule has 7 heteroatoms. The van der Waals surface area contributed by atoms with E-state index >= 15 is 0 Å². The fourth-order valence-corrected chi connectivity index (χ4v) is 3.37. The number of nitrogens with zero attached hydrogens (tertiary/aromatic N) is 5. The highest BCUT2D eigenvalue weighted by molar-refractivity contribution is 5.75. The van der Waals surface area contributed by atoms with Crippen molar-refractivity contribution in [3.05, 3.63) is 47.5 Å². The Labute approximate surface area is 141 Å². The summed E-state index contributed by atoms with van der Waals surface area (Å²) in [5.74, 6) is 2.02. The lowest BCUT2D eigenvalue weighted by molar-refractivity contribution is 0.0388. The van der Waals surface area contributed by atoms with Crippen molar-refractivity contribution < 1.29 is 4.79 Å². The third-order valence-corrected chi connectivity index (χ3v) is 4.92. The molecule has 1 aromatic carbocycles. The van der Waals surface area contributed by atoms with Crippen LogP contribution in [0.4, 0.5) is 4.79 Å². The number of aryl methyl sites for hydroxylation is 1. The van der Waals surface area contributed by atoms with E-state index in [1.165, 1.54) is 0 Å². The second kappa shape index (κ2) is 6.24. The molecule has 0 saturated carbocycles. The van der Waals surface area contributed by atoms with E-state index in [2.05, 4.69) is 25.0 Å². The topological polar surface area (TPSA) is 66.3 Å². The number of amides is 2.